The summed E-state index contributed by atoms with van der Waals surface area (Å²) in [6.07, 6.45) is 4.74. The minimum absolute atomic E-state index is 0.134. The normalized spacial score (nSPS) is 29.8. The summed E-state index contributed by atoms with van der Waals surface area (Å²) in [7, 11) is 0. The Kier molecular flexibility index (Phi) is 2.92. The molecule has 0 aromatic heterocycles. The summed E-state index contributed by atoms with van der Waals surface area (Å²) in [6.45, 7) is 0. The van der Waals surface area contributed by atoms with Gasteiger partial charge in [-0.2, -0.15) is 0 Å². The van der Waals surface area contributed by atoms with E-state index in [4.69, 9.17) is 0 Å². The number of halogens is 2. The Morgan fingerprint density at radius 1 is 1.11 bits per heavy atom. The third kappa shape index (κ3) is 2.18. The van der Waals surface area contributed by atoms with Gasteiger partial charge in [0.25, 0.3) is 0 Å². The number of ketones is 1. The smallest absolute Gasteiger partial charge is 0.140 e. The zero-order chi connectivity index (χ0) is 12.7. The van der Waals surface area contributed by atoms with Crippen LogP contribution in [0.3, 0.4) is 0 Å². The lowest BCUT2D eigenvalue weighted by atomic mass is 9.83. The van der Waals surface area contributed by atoms with Gasteiger partial charge < -0.3 is 0 Å². The minimum Gasteiger partial charge on any atom is -0.299 e. The van der Waals surface area contributed by atoms with E-state index < -0.39 is 11.6 Å². The summed E-state index contributed by atoms with van der Waals surface area (Å²) in [5, 5.41) is 0. The van der Waals surface area contributed by atoms with Crippen LogP contribution in [-0.2, 0) is 11.2 Å². The molecule has 18 heavy (non-hydrogen) atoms. The first-order chi connectivity index (χ1) is 8.61. The van der Waals surface area contributed by atoms with E-state index in [1.165, 1.54) is 25.0 Å². The lowest BCUT2D eigenvalue weighted by molar-refractivity contribution is -0.123. The number of fused-ring (bicyclic) bond motifs is 2. The van der Waals surface area contributed by atoms with E-state index in [0.717, 1.165) is 18.9 Å². The molecule has 3 unspecified atom stereocenters. The second-order valence-electron chi connectivity index (χ2n) is 5.70. The summed E-state index contributed by atoms with van der Waals surface area (Å²) in [5.74, 6) is 0.327. The number of hydrogen-bond acceptors (Lipinski definition) is 1. The van der Waals surface area contributed by atoms with Crippen molar-refractivity contribution in [2.45, 2.75) is 32.1 Å². The SMILES string of the molecule is O=C(Cc1cc(F)cc(F)c1)C1CC2CCC1C2. The largest absolute Gasteiger partial charge is 0.299 e. The van der Waals surface area contributed by atoms with Crippen LogP contribution in [0.1, 0.15) is 31.2 Å². The Bertz CT molecular complexity index is 463. The van der Waals surface area contributed by atoms with Gasteiger partial charge in [-0.15, -0.1) is 0 Å². The van der Waals surface area contributed by atoms with Gasteiger partial charge in [-0.3, -0.25) is 4.79 Å². The van der Waals surface area contributed by atoms with Gasteiger partial charge in [0.05, 0.1) is 0 Å². The third-order valence-electron chi connectivity index (χ3n) is 4.45. The summed E-state index contributed by atoms with van der Waals surface area (Å²) >= 11 is 0. The number of carbonyl (C=O) groups is 1. The molecule has 0 amide bonds. The van der Waals surface area contributed by atoms with Crippen molar-refractivity contribution >= 4 is 5.78 Å². The fourth-order valence-corrected chi connectivity index (χ4v) is 3.68. The van der Waals surface area contributed by atoms with Crippen molar-refractivity contribution < 1.29 is 13.6 Å². The molecule has 0 aliphatic heterocycles. The Labute approximate surface area is 105 Å². The second-order valence-corrected chi connectivity index (χ2v) is 5.70. The van der Waals surface area contributed by atoms with E-state index in [0.29, 0.717) is 17.4 Å². The minimum atomic E-state index is -0.606. The van der Waals surface area contributed by atoms with Gasteiger partial charge in [-0.05, 0) is 48.8 Å². The Morgan fingerprint density at radius 2 is 1.83 bits per heavy atom. The second kappa shape index (κ2) is 4.45. The molecule has 2 aliphatic rings. The van der Waals surface area contributed by atoms with Gasteiger partial charge in [0, 0.05) is 18.4 Å². The molecule has 0 radical (unpaired) electrons. The highest BCUT2D eigenvalue weighted by atomic mass is 19.1. The van der Waals surface area contributed by atoms with Crippen molar-refractivity contribution in [3.05, 3.63) is 35.4 Å². The molecule has 0 saturated heterocycles. The standard InChI is InChI=1S/C15H16F2O/c16-12-4-10(5-13(17)8-12)7-15(18)14-6-9-1-2-11(14)3-9/h4-5,8-9,11,14H,1-3,6-7H2. The van der Waals surface area contributed by atoms with E-state index in [1.54, 1.807) is 0 Å². The van der Waals surface area contributed by atoms with E-state index in [2.05, 4.69) is 0 Å². The van der Waals surface area contributed by atoms with Crippen molar-refractivity contribution in [2.24, 2.45) is 17.8 Å². The van der Waals surface area contributed by atoms with Crippen LogP contribution in [-0.4, -0.2) is 5.78 Å². The van der Waals surface area contributed by atoms with Crippen LogP contribution in [0.4, 0.5) is 8.78 Å². The van der Waals surface area contributed by atoms with E-state index in [1.807, 2.05) is 0 Å². The van der Waals surface area contributed by atoms with Crippen LogP contribution in [0.15, 0.2) is 18.2 Å². The predicted octanol–water partition coefficient (Wildman–Crippen LogP) is 3.51. The molecule has 0 N–H and O–H groups in total. The Morgan fingerprint density at radius 3 is 2.39 bits per heavy atom. The molecule has 0 heterocycles. The number of rotatable bonds is 3. The molecule has 3 atom stereocenters. The maximum Gasteiger partial charge on any atom is 0.140 e. The average Bonchev–Trinajstić information content (AvgIpc) is 2.88. The monoisotopic (exact) mass is 250 g/mol. The van der Waals surface area contributed by atoms with Crippen LogP contribution < -0.4 is 0 Å². The van der Waals surface area contributed by atoms with Gasteiger partial charge in [-0.25, -0.2) is 8.78 Å². The molecule has 1 aromatic carbocycles. The van der Waals surface area contributed by atoms with Crippen molar-refractivity contribution in [1.29, 1.82) is 0 Å². The third-order valence-corrected chi connectivity index (χ3v) is 4.45. The highest BCUT2D eigenvalue weighted by Crippen LogP contribution is 2.48. The van der Waals surface area contributed by atoms with E-state index in [9.17, 15) is 13.6 Å². The van der Waals surface area contributed by atoms with Crippen LogP contribution >= 0.6 is 0 Å². The fraction of sp³-hybridized carbons (Fsp3) is 0.533. The average molecular weight is 250 g/mol. The van der Waals surface area contributed by atoms with E-state index in [-0.39, 0.29) is 18.1 Å². The van der Waals surface area contributed by atoms with Crippen LogP contribution in [0.25, 0.3) is 0 Å². The van der Waals surface area contributed by atoms with Crippen molar-refractivity contribution in [3.8, 4) is 0 Å². The molecular formula is C15H16F2O. The topological polar surface area (TPSA) is 17.1 Å². The molecule has 2 aliphatic carbocycles. The zero-order valence-electron chi connectivity index (χ0n) is 10.2. The highest BCUT2D eigenvalue weighted by molar-refractivity contribution is 5.84. The number of benzene rings is 1. The molecule has 2 fully saturated rings. The quantitative estimate of drug-likeness (QED) is 0.802. The first kappa shape index (κ1) is 11.8. The lowest BCUT2D eigenvalue weighted by Crippen LogP contribution is -2.22. The zero-order valence-corrected chi connectivity index (χ0v) is 10.2. The summed E-state index contributed by atoms with van der Waals surface area (Å²) in [6, 6.07) is 3.36. The molecule has 2 saturated carbocycles. The van der Waals surface area contributed by atoms with Gasteiger partial charge in [0.15, 0.2) is 0 Å². The van der Waals surface area contributed by atoms with Crippen molar-refractivity contribution in [2.75, 3.05) is 0 Å². The van der Waals surface area contributed by atoms with Crippen LogP contribution in [0.2, 0.25) is 0 Å². The van der Waals surface area contributed by atoms with Gasteiger partial charge in [-0.1, -0.05) is 6.42 Å². The van der Waals surface area contributed by atoms with Crippen molar-refractivity contribution in [3.63, 3.8) is 0 Å². The molecule has 3 rings (SSSR count). The van der Waals surface area contributed by atoms with Gasteiger partial charge in [0.2, 0.25) is 0 Å². The fourth-order valence-electron chi connectivity index (χ4n) is 3.68. The number of Topliss-reactive ketones (excluding diaryl/α,β-unsaturated/α-hetero) is 1. The summed E-state index contributed by atoms with van der Waals surface area (Å²) in [5.41, 5.74) is 0.459. The predicted molar refractivity (Wildman–Crippen MR) is 64.0 cm³/mol. The molecule has 1 aromatic rings. The van der Waals surface area contributed by atoms with Crippen molar-refractivity contribution in [1.82, 2.24) is 0 Å². The number of hydrogen-bond donors (Lipinski definition) is 0. The molecule has 0 spiro atoms. The Hall–Kier alpha value is -1.25. The molecule has 3 heteroatoms. The van der Waals surface area contributed by atoms with Gasteiger partial charge in [0.1, 0.15) is 17.4 Å². The molecular weight excluding hydrogens is 234 g/mol. The molecule has 1 nitrogen and oxygen atoms in total. The lowest BCUT2D eigenvalue weighted by Gasteiger charge is -2.20. The van der Waals surface area contributed by atoms with Crippen LogP contribution in [0, 0.1) is 29.4 Å². The summed E-state index contributed by atoms with van der Waals surface area (Å²) < 4.78 is 26.1. The Balaban J connectivity index is 1.70. The first-order valence-electron chi connectivity index (χ1n) is 6.59. The number of carbonyl (C=O) groups excluding carboxylic acids is 1. The van der Waals surface area contributed by atoms with E-state index >= 15 is 0 Å². The first-order valence-corrected chi connectivity index (χ1v) is 6.59. The maximum atomic E-state index is 13.1. The van der Waals surface area contributed by atoms with Crippen LogP contribution in [0.5, 0.6) is 0 Å². The van der Waals surface area contributed by atoms with Gasteiger partial charge >= 0.3 is 0 Å². The molecule has 2 bridgehead atoms. The highest BCUT2D eigenvalue weighted by Gasteiger charge is 2.42. The molecule has 96 valence electrons. The maximum absolute atomic E-state index is 13.1. The summed E-state index contributed by atoms with van der Waals surface area (Å²) in [4.78, 5) is 12.2.